The lowest BCUT2D eigenvalue weighted by Crippen LogP contribution is -1.99. The summed E-state index contributed by atoms with van der Waals surface area (Å²) >= 11 is 1.57. The van der Waals surface area contributed by atoms with E-state index in [2.05, 4.69) is 9.97 Å². The van der Waals surface area contributed by atoms with E-state index in [-0.39, 0.29) is 5.56 Å². The number of pyridine rings is 1. The number of nitrogens with zero attached hydrogens (tertiary/aromatic N) is 2. The molecule has 0 spiro atoms. The smallest absolute Gasteiger partial charge is 0.337 e. The van der Waals surface area contributed by atoms with Crippen LogP contribution in [-0.2, 0) is 6.42 Å². The van der Waals surface area contributed by atoms with Gasteiger partial charge in [0.2, 0.25) is 0 Å². The number of rotatable bonds is 4. The highest BCUT2D eigenvalue weighted by Gasteiger charge is 2.08. The maximum Gasteiger partial charge on any atom is 0.337 e. The van der Waals surface area contributed by atoms with Crippen molar-refractivity contribution in [3.8, 4) is 11.3 Å². The van der Waals surface area contributed by atoms with Crippen molar-refractivity contribution in [3.05, 3.63) is 70.3 Å². The summed E-state index contributed by atoms with van der Waals surface area (Å²) in [5, 5.41) is 11.9. The van der Waals surface area contributed by atoms with E-state index in [1.807, 2.05) is 35.7 Å². The first-order chi connectivity index (χ1) is 10.2. The van der Waals surface area contributed by atoms with E-state index in [1.54, 1.807) is 23.6 Å². The largest absolute Gasteiger partial charge is 0.478 e. The first kappa shape index (κ1) is 13.5. The van der Waals surface area contributed by atoms with Gasteiger partial charge in [0, 0.05) is 29.8 Å². The van der Waals surface area contributed by atoms with Gasteiger partial charge in [0.25, 0.3) is 0 Å². The van der Waals surface area contributed by atoms with E-state index in [4.69, 9.17) is 5.11 Å². The van der Waals surface area contributed by atoms with Crippen molar-refractivity contribution in [3.63, 3.8) is 0 Å². The molecule has 0 aliphatic carbocycles. The number of carbonyl (C=O) groups is 1. The second-order valence-corrected chi connectivity index (χ2v) is 5.50. The Bertz CT molecular complexity index is 769. The molecule has 0 unspecified atom stereocenters. The predicted molar refractivity (Wildman–Crippen MR) is 81.6 cm³/mol. The van der Waals surface area contributed by atoms with Gasteiger partial charge in [-0.3, -0.25) is 4.98 Å². The minimum absolute atomic E-state index is 0.201. The highest BCUT2D eigenvalue weighted by atomic mass is 32.1. The van der Waals surface area contributed by atoms with Crippen molar-refractivity contribution in [1.29, 1.82) is 0 Å². The van der Waals surface area contributed by atoms with Gasteiger partial charge in [0.05, 0.1) is 16.3 Å². The van der Waals surface area contributed by atoms with Gasteiger partial charge in [-0.15, -0.1) is 11.3 Å². The third-order valence-electron chi connectivity index (χ3n) is 3.02. The van der Waals surface area contributed by atoms with Crippen LogP contribution >= 0.6 is 11.3 Å². The summed E-state index contributed by atoms with van der Waals surface area (Å²) < 4.78 is 0. The van der Waals surface area contributed by atoms with Crippen molar-refractivity contribution in [2.45, 2.75) is 6.42 Å². The predicted octanol–water partition coefficient (Wildman–Crippen LogP) is 3.49. The fourth-order valence-corrected chi connectivity index (χ4v) is 2.85. The minimum atomic E-state index is -0.964. The molecule has 1 aromatic carbocycles. The molecule has 0 fully saturated rings. The van der Waals surface area contributed by atoms with E-state index >= 15 is 0 Å². The highest BCUT2D eigenvalue weighted by molar-refractivity contribution is 7.10. The Balaban J connectivity index is 1.82. The molecule has 1 N–H and O–H groups in total. The zero-order chi connectivity index (χ0) is 14.7. The summed E-state index contributed by atoms with van der Waals surface area (Å²) in [6.07, 6.45) is 3.62. The van der Waals surface area contributed by atoms with Gasteiger partial charge in [-0.05, 0) is 11.6 Å². The normalized spacial score (nSPS) is 10.5. The molecule has 0 saturated heterocycles. The number of benzene rings is 1. The molecular formula is C16H12N2O2S. The quantitative estimate of drug-likeness (QED) is 0.800. The number of thiazole rings is 1. The van der Waals surface area contributed by atoms with Crippen LogP contribution in [0.4, 0.5) is 0 Å². The van der Waals surface area contributed by atoms with E-state index in [0.29, 0.717) is 6.42 Å². The Hall–Kier alpha value is -2.53. The average molecular weight is 296 g/mol. The molecule has 5 heteroatoms. The number of carboxylic acids is 1. The van der Waals surface area contributed by atoms with Crippen molar-refractivity contribution >= 4 is 17.3 Å². The van der Waals surface area contributed by atoms with Crippen molar-refractivity contribution in [1.82, 2.24) is 9.97 Å². The van der Waals surface area contributed by atoms with E-state index in [9.17, 15) is 4.79 Å². The van der Waals surface area contributed by atoms with Gasteiger partial charge in [-0.1, -0.05) is 30.3 Å². The van der Waals surface area contributed by atoms with Gasteiger partial charge in [-0.25, -0.2) is 9.78 Å². The Kier molecular flexibility index (Phi) is 3.75. The Morgan fingerprint density at radius 3 is 2.76 bits per heavy atom. The van der Waals surface area contributed by atoms with Crippen LogP contribution in [0.2, 0.25) is 0 Å². The fourth-order valence-electron chi connectivity index (χ4n) is 2.01. The zero-order valence-corrected chi connectivity index (χ0v) is 11.9. The van der Waals surface area contributed by atoms with Crippen LogP contribution in [0.3, 0.4) is 0 Å². The van der Waals surface area contributed by atoms with Crippen LogP contribution in [0.25, 0.3) is 11.3 Å². The molecule has 0 radical (unpaired) electrons. The maximum atomic E-state index is 10.9. The molecule has 0 saturated carbocycles. The standard InChI is InChI=1S/C16H12N2O2S/c19-16(20)13-6-11(8-17-9-13)7-15-18-14(10-21-15)12-4-2-1-3-5-12/h1-6,8-10H,7H2,(H,19,20). The van der Waals surface area contributed by atoms with Crippen LogP contribution in [0.5, 0.6) is 0 Å². The summed E-state index contributed by atoms with van der Waals surface area (Å²) in [4.78, 5) is 19.5. The van der Waals surface area contributed by atoms with Crippen molar-refractivity contribution < 1.29 is 9.90 Å². The number of hydrogen-bond donors (Lipinski definition) is 1. The summed E-state index contributed by atoms with van der Waals surface area (Å²) in [6.45, 7) is 0. The summed E-state index contributed by atoms with van der Waals surface area (Å²) in [6, 6.07) is 11.6. The van der Waals surface area contributed by atoms with Gasteiger partial charge in [0.1, 0.15) is 0 Å². The molecule has 21 heavy (non-hydrogen) atoms. The third-order valence-corrected chi connectivity index (χ3v) is 3.87. The SMILES string of the molecule is O=C(O)c1cncc(Cc2nc(-c3ccccc3)cs2)c1. The number of aromatic nitrogens is 2. The van der Waals surface area contributed by atoms with Gasteiger partial charge >= 0.3 is 5.97 Å². The number of carboxylic acid groups (broad SMARTS) is 1. The molecule has 2 aromatic heterocycles. The van der Waals surface area contributed by atoms with Crippen molar-refractivity contribution in [2.24, 2.45) is 0 Å². The molecule has 4 nitrogen and oxygen atoms in total. The van der Waals surface area contributed by atoms with Crippen LogP contribution in [0.1, 0.15) is 20.9 Å². The zero-order valence-electron chi connectivity index (χ0n) is 11.1. The minimum Gasteiger partial charge on any atom is -0.478 e. The maximum absolute atomic E-state index is 10.9. The molecule has 104 valence electrons. The first-order valence-corrected chi connectivity index (χ1v) is 7.27. The summed E-state index contributed by atoms with van der Waals surface area (Å²) in [5.41, 5.74) is 3.08. The highest BCUT2D eigenvalue weighted by Crippen LogP contribution is 2.23. The van der Waals surface area contributed by atoms with Crippen LogP contribution < -0.4 is 0 Å². The van der Waals surface area contributed by atoms with Gasteiger partial charge in [0.15, 0.2) is 0 Å². The molecule has 0 aliphatic heterocycles. The van der Waals surface area contributed by atoms with Gasteiger partial charge in [-0.2, -0.15) is 0 Å². The van der Waals surface area contributed by atoms with Crippen LogP contribution in [0, 0.1) is 0 Å². The first-order valence-electron chi connectivity index (χ1n) is 6.39. The fraction of sp³-hybridized carbons (Fsp3) is 0.0625. The molecular weight excluding hydrogens is 284 g/mol. The Labute approximate surface area is 125 Å². The summed E-state index contributed by atoms with van der Waals surface area (Å²) in [7, 11) is 0. The summed E-state index contributed by atoms with van der Waals surface area (Å²) in [5.74, 6) is -0.964. The molecule has 3 rings (SSSR count). The lowest BCUT2D eigenvalue weighted by molar-refractivity contribution is 0.0696. The Morgan fingerprint density at radius 2 is 2.00 bits per heavy atom. The molecule has 3 aromatic rings. The molecule has 0 bridgehead atoms. The molecule has 0 aliphatic rings. The molecule has 0 amide bonds. The van der Waals surface area contributed by atoms with Crippen LogP contribution in [0.15, 0.2) is 54.2 Å². The Morgan fingerprint density at radius 1 is 1.19 bits per heavy atom. The third kappa shape index (κ3) is 3.14. The number of aromatic carboxylic acids is 1. The van der Waals surface area contributed by atoms with E-state index < -0.39 is 5.97 Å². The molecule has 0 atom stereocenters. The average Bonchev–Trinajstić information content (AvgIpc) is 2.97. The lowest BCUT2D eigenvalue weighted by atomic mass is 10.1. The van der Waals surface area contributed by atoms with Crippen molar-refractivity contribution in [2.75, 3.05) is 0 Å². The monoisotopic (exact) mass is 296 g/mol. The number of hydrogen-bond acceptors (Lipinski definition) is 4. The topological polar surface area (TPSA) is 63.1 Å². The molecule has 2 heterocycles. The van der Waals surface area contributed by atoms with E-state index in [1.165, 1.54) is 6.20 Å². The second kappa shape index (κ2) is 5.85. The van der Waals surface area contributed by atoms with Crippen LogP contribution in [-0.4, -0.2) is 21.0 Å². The lowest BCUT2D eigenvalue weighted by Gasteiger charge is -1.99. The van der Waals surface area contributed by atoms with E-state index in [0.717, 1.165) is 21.8 Å². The second-order valence-electron chi connectivity index (χ2n) is 4.56. The van der Waals surface area contributed by atoms with Gasteiger partial charge < -0.3 is 5.11 Å².